The molecule has 3 heterocycles. The Balaban J connectivity index is 1.13. The molecule has 5 rings (SSSR count). The van der Waals surface area contributed by atoms with Crippen molar-refractivity contribution in [3.05, 3.63) is 18.3 Å². The normalized spacial score (nSPS) is 26.4. The summed E-state index contributed by atoms with van der Waals surface area (Å²) in [5.74, 6) is 1.12. The van der Waals surface area contributed by atoms with Crippen molar-refractivity contribution >= 4 is 17.6 Å². The van der Waals surface area contributed by atoms with E-state index in [9.17, 15) is 4.79 Å². The van der Waals surface area contributed by atoms with Gasteiger partial charge < -0.3 is 19.9 Å². The minimum Gasteiger partial charge on any atom is -0.450 e. The van der Waals surface area contributed by atoms with Gasteiger partial charge in [-0.15, -0.1) is 0 Å². The topological polar surface area (TPSA) is 60.9 Å². The van der Waals surface area contributed by atoms with Crippen LogP contribution < -0.4 is 10.2 Å². The number of hydrogen-bond donors (Lipinski definition) is 1. The van der Waals surface area contributed by atoms with Crippen LogP contribution in [0.25, 0.3) is 0 Å². The van der Waals surface area contributed by atoms with E-state index in [0.717, 1.165) is 45.1 Å². The molecule has 1 N–H and O–H groups in total. The molecule has 30 heavy (non-hydrogen) atoms. The summed E-state index contributed by atoms with van der Waals surface area (Å²) in [4.78, 5) is 23.6. The van der Waals surface area contributed by atoms with E-state index in [-0.39, 0.29) is 6.09 Å². The lowest BCUT2D eigenvalue weighted by Gasteiger charge is -2.48. The van der Waals surface area contributed by atoms with E-state index in [4.69, 9.17) is 9.72 Å². The Hall–Kier alpha value is -2.02. The molecule has 0 bridgehead atoms. The van der Waals surface area contributed by atoms with E-state index in [0.29, 0.717) is 24.1 Å². The zero-order valence-electron chi connectivity index (χ0n) is 18.2. The van der Waals surface area contributed by atoms with E-state index in [1.807, 2.05) is 24.1 Å². The number of nitrogens with one attached hydrogen (secondary N) is 1. The SMILES string of the molecule is CCOC(=O)N1CC2(CC[C@@H](N3CCN(c4ncccc4NC4CCC4)CC3)C2)C1. The molecular weight excluding hydrogens is 378 g/mol. The Morgan fingerprint density at radius 1 is 1.23 bits per heavy atom. The molecule has 0 radical (unpaired) electrons. The number of carbonyl (C=O) groups is 1. The van der Waals surface area contributed by atoms with Gasteiger partial charge in [0, 0.05) is 63.0 Å². The van der Waals surface area contributed by atoms with Gasteiger partial charge in [-0.1, -0.05) is 0 Å². The molecule has 164 valence electrons. The highest BCUT2D eigenvalue weighted by Crippen LogP contribution is 2.47. The van der Waals surface area contributed by atoms with Crippen LogP contribution in [0.5, 0.6) is 0 Å². The van der Waals surface area contributed by atoms with Crippen molar-refractivity contribution < 1.29 is 9.53 Å². The Bertz CT molecular complexity index is 754. The molecule has 1 atom stereocenters. The molecule has 2 aliphatic carbocycles. The summed E-state index contributed by atoms with van der Waals surface area (Å²) in [5.41, 5.74) is 1.54. The fourth-order valence-corrected chi connectivity index (χ4v) is 5.72. The zero-order valence-corrected chi connectivity index (χ0v) is 18.2. The number of piperazine rings is 1. The van der Waals surface area contributed by atoms with Crippen LogP contribution >= 0.6 is 0 Å². The number of nitrogens with zero attached hydrogens (tertiary/aromatic N) is 4. The lowest BCUT2D eigenvalue weighted by Crippen LogP contribution is -2.58. The van der Waals surface area contributed by atoms with E-state index < -0.39 is 0 Å². The van der Waals surface area contributed by atoms with Crippen molar-refractivity contribution in [3.63, 3.8) is 0 Å². The van der Waals surface area contributed by atoms with Crippen molar-refractivity contribution in [2.24, 2.45) is 5.41 Å². The van der Waals surface area contributed by atoms with Crippen LogP contribution in [0.3, 0.4) is 0 Å². The van der Waals surface area contributed by atoms with Crippen LogP contribution in [0.2, 0.25) is 0 Å². The maximum atomic E-state index is 11.9. The molecule has 0 aromatic carbocycles. The molecule has 1 amide bonds. The molecule has 1 aromatic heterocycles. The van der Waals surface area contributed by atoms with E-state index in [1.165, 1.54) is 44.2 Å². The second kappa shape index (κ2) is 8.25. The summed E-state index contributed by atoms with van der Waals surface area (Å²) < 4.78 is 5.15. The first-order valence-corrected chi connectivity index (χ1v) is 11.8. The predicted molar refractivity (Wildman–Crippen MR) is 118 cm³/mol. The van der Waals surface area contributed by atoms with Crippen LogP contribution in [0.15, 0.2) is 18.3 Å². The van der Waals surface area contributed by atoms with Gasteiger partial charge in [-0.2, -0.15) is 0 Å². The van der Waals surface area contributed by atoms with Gasteiger partial charge in [-0.3, -0.25) is 4.90 Å². The molecular formula is C23H35N5O2. The summed E-state index contributed by atoms with van der Waals surface area (Å²) in [6.07, 6.45) is 9.39. The molecule has 2 saturated heterocycles. The smallest absolute Gasteiger partial charge is 0.409 e. The van der Waals surface area contributed by atoms with Crippen LogP contribution in [0, 0.1) is 5.41 Å². The monoisotopic (exact) mass is 413 g/mol. The van der Waals surface area contributed by atoms with Gasteiger partial charge in [-0.25, -0.2) is 9.78 Å². The summed E-state index contributed by atoms with van der Waals surface area (Å²) in [7, 11) is 0. The first-order valence-electron chi connectivity index (χ1n) is 11.8. The van der Waals surface area contributed by atoms with Crippen molar-refractivity contribution in [3.8, 4) is 0 Å². The highest BCUT2D eigenvalue weighted by atomic mass is 16.6. The highest BCUT2D eigenvalue weighted by Gasteiger charge is 2.51. The Morgan fingerprint density at radius 3 is 2.73 bits per heavy atom. The number of amides is 1. The standard InChI is InChI=1S/C23H35N5O2/c1-2-30-22(29)28-16-23(17-28)9-8-19(15-23)26-11-13-27(14-12-26)21-20(7-4-10-24-21)25-18-5-3-6-18/h4,7,10,18-19,25H,2-3,5-6,8-9,11-17H2,1H3/t19-/m1/s1. The van der Waals surface area contributed by atoms with Crippen molar-refractivity contribution in [1.82, 2.24) is 14.8 Å². The molecule has 0 unspecified atom stereocenters. The van der Waals surface area contributed by atoms with Gasteiger partial charge in [0.25, 0.3) is 0 Å². The summed E-state index contributed by atoms with van der Waals surface area (Å²) in [5, 5.41) is 3.70. The molecule has 1 aromatic rings. The minimum absolute atomic E-state index is 0.137. The summed E-state index contributed by atoms with van der Waals surface area (Å²) >= 11 is 0. The molecule has 4 fully saturated rings. The lowest BCUT2D eigenvalue weighted by molar-refractivity contribution is -0.00294. The fourth-order valence-electron chi connectivity index (χ4n) is 5.72. The van der Waals surface area contributed by atoms with Crippen LogP contribution in [0.4, 0.5) is 16.3 Å². The van der Waals surface area contributed by atoms with Gasteiger partial charge in [0.15, 0.2) is 5.82 Å². The second-order valence-electron chi connectivity index (χ2n) is 9.62. The molecule has 7 nitrogen and oxygen atoms in total. The number of likely N-dealkylation sites (tertiary alicyclic amines) is 1. The van der Waals surface area contributed by atoms with Crippen LogP contribution in [-0.2, 0) is 4.74 Å². The average Bonchev–Trinajstić information content (AvgIpc) is 3.16. The number of carbonyl (C=O) groups excluding carboxylic acids is 1. The van der Waals surface area contributed by atoms with Gasteiger partial charge in [0.05, 0.1) is 12.3 Å². The Labute approximate surface area is 179 Å². The molecule has 1 spiro atoms. The summed E-state index contributed by atoms with van der Waals surface area (Å²) in [6.45, 7) is 8.37. The average molecular weight is 414 g/mol. The van der Waals surface area contributed by atoms with Crippen LogP contribution in [-0.4, -0.2) is 78.8 Å². The van der Waals surface area contributed by atoms with Gasteiger partial charge >= 0.3 is 6.09 Å². The van der Waals surface area contributed by atoms with Crippen molar-refractivity contribution in [1.29, 1.82) is 0 Å². The maximum Gasteiger partial charge on any atom is 0.409 e. The maximum absolute atomic E-state index is 11.9. The van der Waals surface area contributed by atoms with Crippen LogP contribution in [0.1, 0.15) is 45.4 Å². The zero-order chi connectivity index (χ0) is 20.6. The number of ether oxygens (including phenoxy) is 1. The molecule has 4 aliphatic rings. The molecule has 7 heteroatoms. The number of pyridine rings is 1. The van der Waals surface area contributed by atoms with Gasteiger partial charge in [-0.05, 0) is 57.6 Å². The van der Waals surface area contributed by atoms with E-state index in [1.54, 1.807) is 0 Å². The second-order valence-corrected chi connectivity index (χ2v) is 9.62. The summed E-state index contributed by atoms with van der Waals surface area (Å²) in [6, 6.07) is 5.50. The quantitative estimate of drug-likeness (QED) is 0.800. The minimum atomic E-state index is -0.137. The predicted octanol–water partition coefficient (Wildman–Crippen LogP) is 3.18. The lowest BCUT2D eigenvalue weighted by atomic mass is 9.78. The highest BCUT2D eigenvalue weighted by molar-refractivity contribution is 5.69. The Morgan fingerprint density at radius 2 is 2.03 bits per heavy atom. The third-order valence-corrected chi connectivity index (χ3v) is 7.64. The number of rotatable bonds is 5. The number of aromatic nitrogens is 1. The Kier molecular flexibility index (Phi) is 5.48. The van der Waals surface area contributed by atoms with E-state index >= 15 is 0 Å². The van der Waals surface area contributed by atoms with Crippen molar-refractivity contribution in [2.45, 2.75) is 57.5 Å². The third-order valence-electron chi connectivity index (χ3n) is 7.64. The van der Waals surface area contributed by atoms with Gasteiger partial charge in [0.2, 0.25) is 0 Å². The van der Waals surface area contributed by atoms with Crippen molar-refractivity contribution in [2.75, 3.05) is 56.1 Å². The van der Waals surface area contributed by atoms with Gasteiger partial charge in [0.1, 0.15) is 0 Å². The van der Waals surface area contributed by atoms with E-state index in [2.05, 4.69) is 21.2 Å². The molecule has 2 saturated carbocycles. The number of hydrogen-bond acceptors (Lipinski definition) is 6. The molecule has 2 aliphatic heterocycles. The fraction of sp³-hybridized carbons (Fsp3) is 0.739. The first-order chi connectivity index (χ1) is 14.7. The number of anilines is 2. The largest absolute Gasteiger partial charge is 0.450 e. The first kappa shape index (κ1) is 19.9. The third kappa shape index (κ3) is 3.84.